The van der Waals surface area contributed by atoms with E-state index in [1.54, 1.807) is 0 Å². The first-order chi connectivity index (χ1) is 13.5. The zero-order valence-corrected chi connectivity index (χ0v) is 17.1. The summed E-state index contributed by atoms with van der Waals surface area (Å²) in [5.74, 6) is 1.71. The minimum absolute atomic E-state index is 0.0316. The highest BCUT2D eigenvalue weighted by Gasteiger charge is 2.27. The van der Waals surface area contributed by atoms with Crippen molar-refractivity contribution in [3.05, 3.63) is 33.9 Å². The van der Waals surface area contributed by atoms with Crippen LogP contribution in [0.3, 0.4) is 0 Å². The third-order valence-electron chi connectivity index (χ3n) is 5.61. The van der Waals surface area contributed by atoms with Crippen molar-refractivity contribution in [3.8, 4) is 5.95 Å². The lowest BCUT2D eigenvalue weighted by Gasteiger charge is -2.27. The molecule has 1 aliphatic rings. The molecule has 0 saturated heterocycles. The number of hydrogen-bond acceptors (Lipinski definition) is 4. The van der Waals surface area contributed by atoms with E-state index >= 15 is 0 Å². The highest BCUT2D eigenvalue weighted by molar-refractivity contribution is 5.92. The van der Waals surface area contributed by atoms with E-state index in [1.165, 1.54) is 30.0 Å². The highest BCUT2D eigenvalue weighted by atomic mass is 16.2. The molecule has 0 atom stereocenters. The van der Waals surface area contributed by atoms with Crippen LogP contribution in [0.1, 0.15) is 70.2 Å². The Morgan fingerprint density at radius 1 is 1.25 bits per heavy atom. The molecule has 1 aliphatic carbocycles. The van der Waals surface area contributed by atoms with Crippen LogP contribution in [-0.2, 0) is 11.2 Å². The molecule has 1 saturated carbocycles. The molecule has 0 aliphatic heterocycles. The maximum absolute atomic E-state index is 12.8. The van der Waals surface area contributed by atoms with Crippen LogP contribution in [0.4, 0.5) is 5.82 Å². The van der Waals surface area contributed by atoms with Gasteiger partial charge in [0.1, 0.15) is 5.82 Å². The number of hydrogen-bond donors (Lipinski definition) is 2. The zero-order chi connectivity index (χ0) is 20.1. The van der Waals surface area contributed by atoms with Crippen LogP contribution < -0.4 is 10.9 Å². The van der Waals surface area contributed by atoms with Crippen molar-refractivity contribution in [2.75, 3.05) is 5.32 Å². The molecule has 0 radical (unpaired) electrons. The van der Waals surface area contributed by atoms with Crippen molar-refractivity contribution >= 4 is 11.7 Å². The van der Waals surface area contributed by atoms with E-state index in [2.05, 4.69) is 27.3 Å². The molecule has 2 heterocycles. The number of amides is 1. The first-order valence-electron chi connectivity index (χ1n) is 10.5. The predicted octanol–water partition coefficient (Wildman–Crippen LogP) is 3.76. The quantitative estimate of drug-likeness (QED) is 0.759. The third kappa shape index (κ3) is 4.88. The highest BCUT2D eigenvalue weighted by Crippen LogP contribution is 2.32. The molecule has 3 rings (SSSR count). The first kappa shape index (κ1) is 20.3. The molecule has 28 heavy (non-hydrogen) atoms. The van der Waals surface area contributed by atoms with Crippen LogP contribution in [0.2, 0.25) is 0 Å². The molecule has 2 aromatic heterocycles. The maximum atomic E-state index is 12.8. The summed E-state index contributed by atoms with van der Waals surface area (Å²) in [6.45, 7) is 6.02. The van der Waals surface area contributed by atoms with Gasteiger partial charge in [-0.05, 0) is 44.9 Å². The van der Waals surface area contributed by atoms with Crippen molar-refractivity contribution in [3.63, 3.8) is 0 Å². The van der Waals surface area contributed by atoms with Gasteiger partial charge < -0.3 is 5.32 Å². The fourth-order valence-corrected chi connectivity index (χ4v) is 3.96. The lowest BCUT2D eigenvalue weighted by atomic mass is 9.79. The average molecular weight is 386 g/mol. The monoisotopic (exact) mass is 385 g/mol. The van der Waals surface area contributed by atoms with Gasteiger partial charge in [-0.15, -0.1) is 0 Å². The fraction of sp³-hybridized carbons (Fsp3) is 0.619. The Hall–Kier alpha value is -2.44. The Labute approximate surface area is 166 Å². The van der Waals surface area contributed by atoms with Crippen LogP contribution in [0.25, 0.3) is 5.95 Å². The van der Waals surface area contributed by atoms with Crippen molar-refractivity contribution in [1.82, 2.24) is 19.7 Å². The van der Waals surface area contributed by atoms with Crippen LogP contribution in [-0.4, -0.2) is 25.7 Å². The molecule has 0 spiro atoms. The number of nitrogens with one attached hydrogen (secondary N) is 2. The fourth-order valence-electron chi connectivity index (χ4n) is 3.96. The number of aromatic amines is 1. The molecule has 7 nitrogen and oxygen atoms in total. The van der Waals surface area contributed by atoms with E-state index in [4.69, 9.17) is 0 Å². The molecular weight excluding hydrogens is 354 g/mol. The van der Waals surface area contributed by atoms with E-state index in [0.717, 1.165) is 37.3 Å². The Kier molecular flexibility index (Phi) is 6.65. The molecule has 1 fully saturated rings. The lowest BCUT2D eigenvalue weighted by Crippen LogP contribution is -2.28. The van der Waals surface area contributed by atoms with Crippen LogP contribution in [0.15, 0.2) is 16.9 Å². The van der Waals surface area contributed by atoms with E-state index in [9.17, 15) is 9.59 Å². The number of unbranched alkanes of at least 4 members (excludes halogenated alkanes) is 1. The molecule has 7 heteroatoms. The van der Waals surface area contributed by atoms with E-state index < -0.39 is 0 Å². The van der Waals surface area contributed by atoms with Gasteiger partial charge >= 0.3 is 0 Å². The van der Waals surface area contributed by atoms with Crippen LogP contribution in [0, 0.1) is 18.8 Å². The van der Waals surface area contributed by atoms with Crippen molar-refractivity contribution in [1.29, 1.82) is 0 Å². The number of carbonyl (C=O) groups is 1. The minimum atomic E-state index is -0.224. The van der Waals surface area contributed by atoms with Gasteiger partial charge in [0.25, 0.3) is 5.56 Å². The topological polar surface area (TPSA) is 92.7 Å². The van der Waals surface area contributed by atoms with Gasteiger partial charge in [0, 0.05) is 23.7 Å². The lowest BCUT2D eigenvalue weighted by molar-refractivity contribution is -0.121. The molecule has 2 aromatic rings. The number of anilines is 1. The molecule has 1 amide bonds. The number of carbonyl (C=O) groups excluding carboxylic acids is 1. The average Bonchev–Trinajstić information content (AvgIpc) is 3.06. The van der Waals surface area contributed by atoms with E-state index in [0.29, 0.717) is 23.9 Å². The van der Waals surface area contributed by atoms with Gasteiger partial charge in [-0.1, -0.05) is 33.1 Å². The number of aromatic nitrogens is 4. The Morgan fingerprint density at radius 2 is 2.00 bits per heavy atom. The summed E-state index contributed by atoms with van der Waals surface area (Å²) in [6.07, 6.45) is 8.58. The zero-order valence-electron chi connectivity index (χ0n) is 17.1. The number of H-pyrrole nitrogens is 1. The van der Waals surface area contributed by atoms with Crippen molar-refractivity contribution in [2.24, 2.45) is 11.8 Å². The predicted molar refractivity (Wildman–Crippen MR) is 110 cm³/mol. The van der Waals surface area contributed by atoms with E-state index in [1.807, 2.05) is 19.9 Å². The van der Waals surface area contributed by atoms with Gasteiger partial charge in [-0.3, -0.25) is 14.6 Å². The molecule has 152 valence electrons. The Bertz CT molecular complexity index is 862. The standard InChI is InChI=1S/C21H31N5O2/c1-4-6-7-15-8-10-16(11-9-15)20(28)23-18-12-14(3)25-26(18)21-22-17(5-2)13-19(27)24-21/h12-13,15-16H,4-11H2,1-3H3,(H,23,28)(H,22,24,27). The summed E-state index contributed by atoms with van der Waals surface area (Å²) in [6, 6.07) is 3.29. The summed E-state index contributed by atoms with van der Waals surface area (Å²) in [7, 11) is 0. The maximum Gasteiger partial charge on any atom is 0.252 e. The smallest absolute Gasteiger partial charge is 0.252 e. The summed E-state index contributed by atoms with van der Waals surface area (Å²) in [5, 5.41) is 7.42. The summed E-state index contributed by atoms with van der Waals surface area (Å²) in [4.78, 5) is 31.9. The molecular formula is C21H31N5O2. The van der Waals surface area contributed by atoms with Gasteiger partial charge in [0.15, 0.2) is 0 Å². The second-order valence-electron chi connectivity index (χ2n) is 7.85. The normalized spacial score (nSPS) is 19.5. The number of rotatable bonds is 7. The summed E-state index contributed by atoms with van der Waals surface area (Å²) in [5.41, 5.74) is 1.22. The molecule has 0 unspecified atom stereocenters. The van der Waals surface area contributed by atoms with Crippen molar-refractivity contribution < 1.29 is 4.79 Å². The largest absolute Gasteiger partial charge is 0.310 e. The summed E-state index contributed by atoms with van der Waals surface area (Å²) < 4.78 is 1.51. The van der Waals surface area contributed by atoms with Crippen LogP contribution >= 0.6 is 0 Å². The van der Waals surface area contributed by atoms with Crippen LogP contribution in [0.5, 0.6) is 0 Å². The van der Waals surface area contributed by atoms with Crippen molar-refractivity contribution in [2.45, 2.75) is 72.1 Å². The molecule has 0 bridgehead atoms. The Morgan fingerprint density at radius 3 is 2.68 bits per heavy atom. The number of aryl methyl sites for hydroxylation is 2. The Balaban J connectivity index is 1.71. The third-order valence-corrected chi connectivity index (χ3v) is 5.61. The summed E-state index contributed by atoms with van der Waals surface area (Å²) >= 11 is 0. The second kappa shape index (κ2) is 9.17. The van der Waals surface area contributed by atoms with Gasteiger partial charge in [-0.2, -0.15) is 9.78 Å². The first-order valence-corrected chi connectivity index (χ1v) is 10.5. The second-order valence-corrected chi connectivity index (χ2v) is 7.85. The van der Waals surface area contributed by atoms with Gasteiger partial charge in [0.05, 0.1) is 5.69 Å². The number of nitrogens with zero attached hydrogens (tertiary/aromatic N) is 3. The van der Waals surface area contributed by atoms with Gasteiger partial charge in [-0.25, -0.2) is 4.98 Å². The van der Waals surface area contributed by atoms with E-state index in [-0.39, 0.29) is 17.4 Å². The molecule has 2 N–H and O–H groups in total. The minimum Gasteiger partial charge on any atom is -0.310 e. The van der Waals surface area contributed by atoms with Gasteiger partial charge in [0.2, 0.25) is 11.9 Å². The SMILES string of the molecule is CCCCC1CCC(C(=O)Nc2cc(C)nn2-c2nc(CC)cc(=O)[nH]2)CC1. The molecule has 0 aromatic carbocycles.